The molecule has 254 valence electrons. The first-order valence-electron chi connectivity index (χ1n) is 15.9. The van der Waals surface area contributed by atoms with E-state index < -0.39 is 0 Å². The molecule has 0 bridgehead atoms. The van der Waals surface area contributed by atoms with E-state index in [0.29, 0.717) is 43.4 Å². The van der Waals surface area contributed by atoms with Crippen LogP contribution in [0.5, 0.6) is 5.75 Å². The first kappa shape index (κ1) is 38.7. The topological polar surface area (TPSA) is 125 Å². The summed E-state index contributed by atoms with van der Waals surface area (Å²) in [6.07, 6.45) is 10.7. The lowest BCUT2D eigenvalue weighted by molar-refractivity contribution is -0.109. The van der Waals surface area contributed by atoms with E-state index in [4.69, 9.17) is 9.84 Å². The van der Waals surface area contributed by atoms with Crippen LogP contribution in [0.2, 0.25) is 0 Å². The molecule has 4 rings (SSSR count). The minimum absolute atomic E-state index is 0.107. The number of morpholine rings is 1. The fourth-order valence-corrected chi connectivity index (χ4v) is 5.15. The van der Waals surface area contributed by atoms with Crippen molar-refractivity contribution in [3.8, 4) is 5.75 Å². The second-order valence-electron chi connectivity index (χ2n) is 12.6. The van der Waals surface area contributed by atoms with Crippen molar-refractivity contribution >= 4 is 6.41 Å². The summed E-state index contributed by atoms with van der Waals surface area (Å²) in [6.45, 7) is 24.7. The second kappa shape index (κ2) is 19.9. The van der Waals surface area contributed by atoms with Crippen LogP contribution in [0.25, 0.3) is 0 Å². The third kappa shape index (κ3) is 14.7. The van der Waals surface area contributed by atoms with Gasteiger partial charge in [-0.1, -0.05) is 44.2 Å². The summed E-state index contributed by atoms with van der Waals surface area (Å²) in [5, 5.41) is 18.4. The molecule has 2 aromatic rings. The van der Waals surface area contributed by atoms with Crippen LogP contribution in [-0.2, 0) is 21.4 Å². The maximum atomic E-state index is 13.1. The molecule has 3 atom stereocenters. The molecule has 0 spiro atoms. The highest BCUT2D eigenvalue weighted by Crippen LogP contribution is 2.24. The summed E-state index contributed by atoms with van der Waals surface area (Å²) in [6, 6.07) is 3.28. The number of rotatable bonds is 10. The Morgan fingerprint density at radius 3 is 2.46 bits per heavy atom. The molecular weight excluding hydrogens is 585 g/mol. The number of carbonyl (C=O) groups is 1. The van der Waals surface area contributed by atoms with E-state index in [-0.39, 0.29) is 17.0 Å². The molecule has 11 heteroatoms. The number of hydrogen-bond acceptors (Lipinski definition) is 9. The Morgan fingerprint density at radius 2 is 1.89 bits per heavy atom. The van der Waals surface area contributed by atoms with Crippen molar-refractivity contribution in [2.24, 2.45) is 0 Å². The number of halogens is 1. The Hall–Kier alpha value is -3.51. The number of aryl methyl sites for hydroxylation is 2. The quantitative estimate of drug-likeness (QED) is 0.225. The molecule has 2 aliphatic heterocycles. The molecule has 0 radical (unpaired) electrons. The Balaban J connectivity index is 0.000000271. The molecule has 1 unspecified atom stereocenters. The van der Waals surface area contributed by atoms with Gasteiger partial charge in [-0.05, 0) is 58.2 Å². The summed E-state index contributed by atoms with van der Waals surface area (Å²) in [4.78, 5) is 25.0. The minimum Gasteiger partial charge on any atom is -0.505 e. The zero-order chi connectivity index (χ0) is 34.1. The number of aromatic nitrogens is 3. The molecule has 4 heterocycles. The van der Waals surface area contributed by atoms with Gasteiger partial charge in [-0.2, -0.15) is 0 Å². The molecule has 2 saturated heterocycles. The molecule has 2 aliphatic rings. The fourth-order valence-electron chi connectivity index (χ4n) is 5.15. The first-order chi connectivity index (χ1) is 21.8. The summed E-state index contributed by atoms with van der Waals surface area (Å²) < 4.78 is 18.6. The highest BCUT2D eigenvalue weighted by atomic mass is 19.1. The monoisotopic (exact) mass is 639 g/mol. The van der Waals surface area contributed by atoms with Gasteiger partial charge in [-0.3, -0.25) is 14.7 Å². The van der Waals surface area contributed by atoms with Crippen molar-refractivity contribution in [2.75, 3.05) is 45.9 Å². The van der Waals surface area contributed by atoms with Gasteiger partial charge in [0.05, 0.1) is 30.8 Å². The Labute approximate surface area is 274 Å². The van der Waals surface area contributed by atoms with Crippen LogP contribution in [0.1, 0.15) is 57.3 Å². The lowest BCUT2D eigenvalue weighted by atomic mass is 9.85. The third-order valence-corrected chi connectivity index (χ3v) is 7.59. The lowest BCUT2D eigenvalue weighted by Gasteiger charge is -2.36. The summed E-state index contributed by atoms with van der Waals surface area (Å²) in [7, 11) is 0. The molecule has 0 saturated carbocycles. The molecule has 46 heavy (non-hydrogen) atoms. The zero-order valence-corrected chi connectivity index (χ0v) is 28.6. The van der Waals surface area contributed by atoms with Crippen molar-refractivity contribution in [3.05, 3.63) is 83.5 Å². The maximum Gasteiger partial charge on any atom is 0.207 e. The predicted molar refractivity (Wildman–Crippen MR) is 182 cm³/mol. The van der Waals surface area contributed by atoms with Gasteiger partial charge in [-0.15, -0.1) is 0 Å². The molecule has 10 nitrogen and oxygen atoms in total. The van der Waals surface area contributed by atoms with Gasteiger partial charge >= 0.3 is 0 Å². The van der Waals surface area contributed by atoms with Crippen molar-refractivity contribution in [3.63, 3.8) is 0 Å². The summed E-state index contributed by atoms with van der Waals surface area (Å²) in [5.74, 6) is 0.499. The van der Waals surface area contributed by atoms with Gasteiger partial charge in [-0.25, -0.2) is 14.4 Å². The Morgan fingerprint density at radius 1 is 1.17 bits per heavy atom. The van der Waals surface area contributed by atoms with Gasteiger partial charge in [0.1, 0.15) is 11.7 Å². The van der Waals surface area contributed by atoms with Crippen molar-refractivity contribution in [2.45, 2.75) is 78.5 Å². The van der Waals surface area contributed by atoms with Crippen LogP contribution < -0.4 is 16.0 Å². The number of aromatic hydroxyl groups is 1. The number of amides is 1. The number of allylic oxidation sites excluding steroid dienone is 5. The number of piperazine rings is 1. The third-order valence-electron chi connectivity index (χ3n) is 7.59. The van der Waals surface area contributed by atoms with Crippen molar-refractivity contribution in [1.29, 1.82) is 0 Å². The highest BCUT2D eigenvalue weighted by molar-refractivity contribution is 5.46. The number of nitrogens with one attached hydrogen (secondary N) is 3. The summed E-state index contributed by atoms with van der Waals surface area (Å²) in [5.41, 5.74) is 3.63. The molecule has 1 amide bonds. The average molecular weight is 640 g/mol. The molecular formula is C35H54FN7O3. The SMILES string of the molecule is C=C(/C=C\C(F)=C/C)Cc1cnc(C(C)(C)CNC=O)c(C)c1.CC1CN[C@@H](CN2CCO[C@@H](C)C2)CN1.Cc1ncc(O)cn1. The van der Waals surface area contributed by atoms with Gasteiger partial charge in [0.15, 0.2) is 5.75 Å². The van der Waals surface area contributed by atoms with E-state index in [9.17, 15) is 9.18 Å². The zero-order valence-electron chi connectivity index (χ0n) is 28.6. The van der Waals surface area contributed by atoms with Crippen LogP contribution in [0, 0.1) is 13.8 Å². The van der Waals surface area contributed by atoms with E-state index in [1.54, 1.807) is 19.9 Å². The van der Waals surface area contributed by atoms with E-state index >= 15 is 0 Å². The normalized spacial score (nSPS) is 20.6. The average Bonchev–Trinajstić information content (AvgIpc) is 3.02. The molecule has 0 aliphatic carbocycles. The largest absolute Gasteiger partial charge is 0.505 e. The van der Waals surface area contributed by atoms with Crippen LogP contribution >= 0.6 is 0 Å². The molecule has 2 fully saturated rings. The summed E-state index contributed by atoms with van der Waals surface area (Å²) >= 11 is 0. The smallest absolute Gasteiger partial charge is 0.207 e. The van der Waals surface area contributed by atoms with Crippen LogP contribution in [-0.4, -0.2) is 95.4 Å². The van der Waals surface area contributed by atoms with E-state index in [1.165, 1.54) is 24.5 Å². The number of pyridine rings is 1. The number of carbonyl (C=O) groups excluding carboxylic acids is 1. The van der Waals surface area contributed by atoms with E-state index in [1.807, 2.05) is 27.0 Å². The van der Waals surface area contributed by atoms with Crippen LogP contribution in [0.4, 0.5) is 4.39 Å². The van der Waals surface area contributed by atoms with Gasteiger partial charge in [0, 0.05) is 63.0 Å². The Bertz CT molecular complexity index is 1250. The first-order valence-corrected chi connectivity index (χ1v) is 15.9. The Kier molecular flexibility index (Phi) is 16.7. The molecule has 4 N–H and O–H groups in total. The molecule has 2 aromatic heterocycles. The number of nitrogens with zero attached hydrogens (tertiary/aromatic N) is 4. The lowest BCUT2D eigenvalue weighted by Crippen LogP contribution is -2.58. The minimum atomic E-state index is -0.278. The van der Waals surface area contributed by atoms with E-state index in [0.717, 1.165) is 61.7 Å². The van der Waals surface area contributed by atoms with Gasteiger partial charge < -0.3 is 25.8 Å². The van der Waals surface area contributed by atoms with Gasteiger partial charge in [0.25, 0.3) is 0 Å². The standard InChI is InChI=1S/C19H25FN2O.C11H23N3O.C5H6N2O/c1-6-17(20)8-7-14(2)9-16-10-15(3)18(22-11-16)19(4,5)12-21-13-23;1-9-5-13-11(6-12-9)8-14-3-4-15-10(2)7-14;1-4-6-2-5(8)3-7-4/h6-8,10-11,13H,2,9,12H2,1,3-5H3,(H,21,23);9-13H,3-8H2,1-2H3;2-3,8H,1H3/b8-7-,17-6+;;/t;9?,10-,11+;/m.0./s1. The van der Waals surface area contributed by atoms with E-state index in [2.05, 4.69) is 62.3 Å². The van der Waals surface area contributed by atoms with Crippen LogP contribution in [0.3, 0.4) is 0 Å². The fraction of sp³-hybridized carbons (Fsp3) is 0.543. The number of ether oxygens (including phenoxy) is 1. The van der Waals surface area contributed by atoms with Gasteiger partial charge in [0.2, 0.25) is 6.41 Å². The van der Waals surface area contributed by atoms with Crippen molar-refractivity contribution in [1.82, 2.24) is 35.8 Å². The maximum absolute atomic E-state index is 13.1. The highest BCUT2D eigenvalue weighted by Gasteiger charge is 2.24. The second-order valence-corrected chi connectivity index (χ2v) is 12.6. The predicted octanol–water partition coefficient (Wildman–Crippen LogP) is 4.09. The molecule has 0 aromatic carbocycles. The van der Waals surface area contributed by atoms with Crippen molar-refractivity contribution < 1.29 is 19.0 Å². The van der Waals surface area contributed by atoms with Crippen LogP contribution in [0.15, 0.2) is 60.9 Å². The number of hydrogen-bond donors (Lipinski definition) is 4.